The van der Waals surface area contributed by atoms with Crippen molar-refractivity contribution in [3.63, 3.8) is 0 Å². The minimum Gasteiger partial charge on any atom is -0.493 e. The maximum atomic E-state index is 10.1. The topological polar surface area (TPSA) is 79.8 Å². The van der Waals surface area contributed by atoms with Crippen LogP contribution < -0.4 is 20.1 Å². The quantitative estimate of drug-likeness (QED) is 0.646. The molecule has 140 valence electrons. The average molecular weight is 363 g/mol. The molecule has 24 heavy (non-hydrogen) atoms. The molecule has 7 heteroatoms. The lowest BCUT2D eigenvalue weighted by molar-refractivity contribution is -0.109. The number of aliphatic hydroxyl groups excluding tert-OH is 1. The van der Waals surface area contributed by atoms with Crippen molar-refractivity contribution in [1.82, 2.24) is 10.6 Å². The first-order valence-corrected chi connectivity index (χ1v) is 7.57. The summed E-state index contributed by atoms with van der Waals surface area (Å²) < 4.78 is 10.8. The number of hydrogen-bond donors (Lipinski definition) is 3. The van der Waals surface area contributed by atoms with Crippen molar-refractivity contribution in [1.29, 1.82) is 0 Å². The van der Waals surface area contributed by atoms with E-state index in [9.17, 15) is 5.11 Å². The zero-order valence-electron chi connectivity index (χ0n) is 15.3. The number of halogens is 1. The van der Waals surface area contributed by atoms with Crippen LogP contribution in [0.3, 0.4) is 0 Å². The molecular formula is C17H31ClN2O4. The monoisotopic (exact) mass is 362 g/mol. The highest BCUT2D eigenvalue weighted by Crippen LogP contribution is 2.25. The lowest BCUT2D eigenvalue weighted by Crippen LogP contribution is -2.49. The van der Waals surface area contributed by atoms with Crippen LogP contribution in [0.1, 0.15) is 27.7 Å². The highest BCUT2D eigenvalue weighted by molar-refractivity contribution is 5.85. The Bertz CT molecular complexity index is 452. The van der Waals surface area contributed by atoms with E-state index in [2.05, 4.69) is 31.4 Å². The van der Waals surface area contributed by atoms with E-state index in [0.717, 1.165) is 0 Å². The van der Waals surface area contributed by atoms with Gasteiger partial charge >= 0.3 is 0 Å². The average Bonchev–Trinajstić information content (AvgIpc) is 2.51. The van der Waals surface area contributed by atoms with Gasteiger partial charge in [-0.25, -0.2) is 0 Å². The molecule has 1 aromatic carbocycles. The number of ether oxygens (including phenoxy) is 2. The zero-order valence-corrected chi connectivity index (χ0v) is 16.1. The molecule has 1 amide bonds. The number of rotatable bonds is 7. The van der Waals surface area contributed by atoms with Gasteiger partial charge in [0.2, 0.25) is 6.41 Å². The Labute approximate surface area is 151 Å². The molecule has 0 aromatic heterocycles. The smallest absolute Gasteiger partial charge is 0.206 e. The van der Waals surface area contributed by atoms with Gasteiger partial charge in [0, 0.05) is 18.6 Å². The molecule has 1 aromatic rings. The van der Waals surface area contributed by atoms with E-state index < -0.39 is 6.10 Å². The molecule has 6 nitrogen and oxygen atoms in total. The normalized spacial score (nSPS) is 12.6. The van der Waals surface area contributed by atoms with Crippen LogP contribution >= 0.6 is 12.4 Å². The van der Waals surface area contributed by atoms with Gasteiger partial charge in [0.25, 0.3) is 0 Å². The molecule has 2 unspecified atom stereocenters. The van der Waals surface area contributed by atoms with Crippen molar-refractivity contribution in [2.24, 2.45) is 0 Å². The van der Waals surface area contributed by atoms with Crippen molar-refractivity contribution in [3.8, 4) is 11.5 Å². The second kappa shape index (κ2) is 12.9. The van der Waals surface area contributed by atoms with E-state index in [4.69, 9.17) is 14.3 Å². The predicted octanol–water partition coefficient (Wildman–Crippen LogP) is 2.00. The Hall–Kier alpha value is -1.50. The Morgan fingerprint density at radius 1 is 1.25 bits per heavy atom. The first-order chi connectivity index (χ1) is 10.7. The van der Waals surface area contributed by atoms with E-state index in [1.54, 1.807) is 14.2 Å². The summed E-state index contributed by atoms with van der Waals surface area (Å²) in [4.78, 5) is 9.06. The number of aliphatic hydroxyl groups is 1. The summed E-state index contributed by atoms with van der Waals surface area (Å²) in [6, 6.07) is 7.37. The van der Waals surface area contributed by atoms with Crippen molar-refractivity contribution in [3.05, 3.63) is 24.3 Å². The van der Waals surface area contributed by atoms with Gasteiger partial charge in [0.15, 0.2) is 11.5 Å². The molecule has 0 heterocycles. The molecule has 0 spiro atoms. The first kappa shape index (κ1) is 24.7. The molecule has 3 N–H and O–H groups in total. The highest BCUT2D eigenvalue weighted by Gasteiger charge is 2.20. The van der Waals surface area contributed by atoms with Crippen molar-refractivity contribution < 1.29 is 19.4 Å². The number of nitrogens with one attached hydrogen (secondary N) is 2. The molecular weight excluding hydrogens is 332 g/mol. The fourth-order valence-electron chi connectivity index (χ4n) is 1.84. The van der Waals surface area contributed by atoms with Crippen LogP contribution in [0.25, 0.3) is 0 Å². The van der Waals surface area contributed by atoms with Crippen molar-refractivity contribution in [2.75, 3.05) is 20.8 Å². The van der Waals surface area contributed by atoms with Crippen LogP contribution in [0.2, 0.25) is 0 Å². The number of benzene rings is 1. The fourth-order valence-corrected chi connectivity index (χ4v) is 1.84. The molecule has 0 aliphatic heterocycles. The largest absolute Gasteiger partial charge is 0.493 e. The summed E-state index contributed by atoms with van der Waals surface area (Å²) in [5, 5.41) is 15.7. The number of carbonyl (C=O) groups excluding carboxylic acids is 1. The van der Waals surface area contributed by atoms with Crippen molar-refractivity contribution >= 4 is 18.8 Å². The molecule has 1 rings (SSSR count). The Balaban J connectivity index is 0. The SMILES string of the molecule is CNC=O.COc1ccccc1OCC(O)C(C)NC(C)(C)C.Cl. The van der Waals surface area contributed by atoms with Gasteiger partial charge in [-0.1, -0.05) is 12.1 Å². The standard InChI is InChI=1S/C15H25NO3.C2H5NO.ClH/c1-11(16-15(2,3)4)12(17)10-19-14-9-7-6-8-13(14)18-5;1-3-2-4;/h6-9,11-12,16-17H,10H2,1-5H3;2H,1H3,(H,3,4);1H. The van der Waals surface area contributed by atoms with Crippen LogP contribution in [-0.2, 0) is 4.79 Å². The van der Waals surface area contributed by atoms with Crippen LogP contribution in [0.15, 0.2) is 24.3 Å². The molecule has 0 aliphatic rings. The summed E-state index contributed by atoms with van der Waals surface area (Å²) in [6.45, 7) is 8.37. The number of amides is 1. The fraction of sp³-hybridized carbons (Fsp3) is 0.588. The zero-order chi connectivity index (χ0) is 17.9. The van der Waals surface area contributed by atoms with Gasteiger partial charge in [-0.2, -0.15) is 0 Å². The summed E-state index contributed by atoms with van der Waals surface area (Å²) in [5.74, 6) is 1.32. The molecule has 2 atom stereocenters. The van der Waals surface area contributed by atoms with E-state index in [0.29, 0.717) is 17.9 Å². The van der Waals surface area contributed by atoms with E-state index in [1.807, 2.05) is 31.2 Å². The summed E-state index contributed by atoms with van der Waals surface area (Å²) in [5.41, 5.74) is -0.0369. The number of para-hydroxylation sites is 2. The lowest BCUT2D eigenvalue weighted by Gasteiger charge is -2.29. The third kappa shape index (κ3) is 11.1. The van der Waals surface area contributed by atoms with Gasteiger partial charge in [-0.15, -0.1) is 12.4 Å². The van der Waals surface area contributed by atoms with Gasteiger partial charge < -0.3 is 25.2 Å². The molecule has 0 saturated carbocycles. The lowest BCUT2D eigenvalue weighted by atomic mass is 10.1. The van der Waals surface area contributed by atoms with Crippen molar-refractivity contribution in [2.45, 2.75) is 45.4 Å². The third-order valence-electron chi connectivity index (χ3n) is 2.83. The Kier molecular flexibility index (Phi) is 13.3. The van der Waals surface area contributed by atoms with Crippen LogP contribution in [0, 0.1) is 0 Å². The number of carbonyl (C=O) groups is 1. The second-order valence-electron chi connectivity index (χ2n) is 6.12. The Morgan fingerprint density at radius 3 is 2.17 bits per heavy atom. The van der Waals surface area contributed by atoms with Gasteiger partial charge in [0.1, 0.15) is 12.7 Å². The van der Waals surface area contributed by atoms with E-state index in [1.165, 1.54) is 0 Å². The number of methoxy groups -OCH3 is 1. The van der Waals surface area contributed by atoms with Gasteiger partial charge in [0.05, 0.1) is 7.11 Å². The molecule has 0 fully saturated rings. The van der Waals surface area contributed by atoms with Gasteiger partial charge in [-0.05, 0) is 39.8 Å². The van der Waals surface area contributed by atoms with Crippen LogP contribution in [0.4, 0.5) is 0 Å². The van der Waals surface area contributed by atoms with Gasteiger partial charge in [-0.3, -0.25) is 4.79 Å². The second-order valence-corrected chi connectivity index (χ2v) is 6.12. The predicted molar refractivity (Wildman–Crippen MR) is 99.2 cm³/mol. The molecule has 0 bridgehead atoms. The molecule has 0 aliphatic carbocycles. The van der Waals surface area contributed by atoms with Crippen LogP contribution in [0.5, 0.6) is 11.5 Å². The third-order valence-corrected chi connectivity index (χ3v) is 2.83. The molecule has 0 saturated heterocycles. The highest BCUT2D eigenvalue weighted by atomic mass is 35.5. The maximum absolute atomic E-state index is 10.1. The minimum absolute atomic E-state index is 0. The minimum atomic E-state index is -0.580. The Morgan fingerprint density at radius 2 is 1.75 bits per heavy atom. The molecule has 0 radical (unpaired) electrons. The van der Waals surface area contributed by atoms with E-state index in [-0.39, 0.29) is 30.6 Å². The summed E-state index contributed by atoms with van der Waals surface area (Å²) in [7, 11) is 3.16. The first-order valence-electron chi connectivity index (χ1n) is 7.57. The number of hydrogen-bond acceptors (Lipinski definition) is 5. The maximum Gasteiger partial charge on any atom is 0.206 e. The summed E-state index contributed by atoms with van der Waals surface area (Å²) >= 11 is 0. The summed E-state index contributed by atoms with van der Waals surface area (Å²) in [6.07, 6.45) is 0.0455. The van der Waals surface area contributed by atoms with Crippen LogP contribution in [-0.4, -0.2) is 50.0 Å². The van der Waals surface area contributed by atoms with E-state index >= 15 is 0 Å².